The molecule has 2 heterocycles. The van der Waals surface area contributed by atoms with Crippen LogP contribution in [0.5, 0.6) is 0 Å². The summed E-state index contributed by atoms with van der Waals surface area (Å²) in [6.45, 7) is 1.21. The number of rotatable bonds is 2. The Balaban J connectivity index is 2.14. The molecule has 1 aromatic heterocycles. The van der Waals surface area contributed by atoms with Crippen LogP contribution in [0, 0.1) is 0 Å². The van der Waals surface area contributed by atoms with Gasteiger partial charge in [-0.15, -0.1) is 0 Å². The molecule has 1 aliphatic rings. The lowest BCUT2D eigenvalue weighted by Crippen LogP contribution is -2.38. The standard InChI is InChI=1S/C11H16N2O2S/c1-16(14,15)13-8-4-5-10(9-13)11-6-2-3-7-12-11/h2-3,6-7,10H,4-5,8-9H2,1H3/t10-/m1/s1. The van der Waals surface area contributed by atoms with Crippen molar-refractivity contribution < 1.29 is 8.42 Å². The van der Waals surface area contributed by atoms with Crippen LogP contribution in [0.25, 0.3) is 0 Å². The van der Waals surface area contributed by atoms with Gasteiger partial charge < -0.3 is 0 Å². The zero-order valence-electron chi connectivity index (χ0n) is 9.33. The summed E-state index contributed by atoms with van der Waals surface area (Å²) in [6, 6.07) is 5.79. The number of hydrogen-bond acceptors (Lipinski definition) is 3. The molecule has 16 heavy (non-hydrogen) atoms. The van der Waals surface area contributed by atoms with Crippen molar-refractivity contribution in [2.24, 2.45) is 0 Å². The smallest absolute Gasteiger partial charge is 0.211 e. The van der Waals surface area contributed by atoms with Crippen LogP contribution in [-0.4, -0.2) is 37.1 Å². The number of aromatic nitrogens is 1. The van der Waals surface area contributed by atoms with Crippen molar-refractivity contribution in [1.82, 2.24) is 9.29 Å². The maximum Gasteiger partial charge on any atom is 0.211 e. The summed E-state index contributed by atoms with van der Waals surface area (Å²) in [4.78, 5) is 4.30. The van der Waals surface area contributed by atoms with Crippen LogP contribution in [0.15, 0.2) is 24.4 Å². The Hall–Kier alpha value is -0.940. The van der Waals surface area contributed by atoms with Gasteiger partial charge in [-0.25, -0.2) is 12.7 Å². The monoisotopic (exact) mass is 240 g/mol. The van der Waals surface area contributed by atoms with E-state index in [0.717, 1.165) is 18.5 Å². The van der Waals surface area contributed by atoms with Gasteiger partial charge in [0.25, 0.3) is 0 Å². The SMILES string of the molecule is CS(=O)(=O)N1CCC[C@@H](c2ccccn2)C1. The largest absolute Gasteiger partial charge is 0.261 e. The minimum absolute atomic E-state index is 0.240. The van der Waals surface area contributed by atoms with Gasteiger partial charge >= 0.3 is 0 Å². The van der Waals surface area contributed by atoms with Crippen LogP contribution in [0.2, 0.25) is 0 Å². The van der Waals surface area contributed by atoms with Crippen molar-refractivity contribution in [1.29, 1.82) is 0 Å². The fraction of sp³-hybridized carbons (Fsp3) is 0.545. The normalized spacial score (nSPS) is 23.2. The third-order valence-electron chi connectivity index (χ3n) is 2.96. The van der Waals surface area contributed by atoms with Crippen molar-refractivity contribution in [3.8, 4) is 0 Å². The summed E-state index contributed by atoms with van der Waals surface area (Å²) >= 11 is 0. The highest BCUT2D eigenvalue weighted by molar-refractivity contribution is 7.88. The van der Waals surface area contributed by atoms with E-state index in [2.05, 4.69) is 4.98 Å². The van der Waals surface area contributed by atoms with Gasteiger partial charge in [0.2, 0.25) is 10.0 Å². The van der Waals surface area contributed by atoms with Crippen molar-refractivity contribution >= 4 is 10.0 Å². The molecule has 0 aliphatic carbocycles. The van der Waals surface area contributed by atoms with Crippen LogP contribution < -0.4 is 0 Å². The van der Waals surface area contributed by atoms with Crippen molar-refractivity contribution in [2.75, 3.05) is 19.3 Å². The highest BCUT2D eigenvalue weighted by Crippen LogP contribution is 2.26. The second kappa shape index (κ2) is 4.51. The highest BCUT2D eigenvalue weighted by Gasteiger charge is 2.27. The lowest BCUT2D eigenvalue weighted by atomic mass is 9.96. The maximum absolute atomic E-state index is 11.5. The molecule has 0 saturated carbocycles. The predicted octanol–water partition coefficient (Wildman–Crippen LogP) is 1.22. The van der Waals surface area contributed by atoms with E-state index < -0.39 is 10.0 Å². The Bertz CT molecular complexity index is 444. The quantitative estimate of drug-likeness (QED) is 0.781. The van der Waals surface area contributed by atoms with Gasteiger partial charge in [-0.1, -0.05) is 6.07 Å². The summed E-state index contributed by atoms with van der Waals surface area (Å²) in [7, 11) is -3.06. The van der Waals surface area contributed by atoms with Crippen LogP contribution in [0.3, 0.4) is 0 Å². The van der Waals surface area contributed by atoms with Gasteiger partial charge in [0.05, 0.1) is 6.26 Å². The lowest BCUT2D eigenvalue weighted by molar-refractivity contribution is 0.314. The van der Waals surface area contributed by atoms with E-state index in [1.54, 1.807) is 10.5 Å². The minimum atomic E-state index is -3.06. The first-order chi connectivity index (χ1) is 7.57. The highest BCUT2D eigenvalue weighted by atomic mass is 32.2. The van der Waals surface area contributed by atoms with E-state index in [0.29, 0.717) is 13.1 Å². The Morgan fingerprint density at radius 3 is 2.88 bits per heavy atom. The van der Waals surface area contributed by atoms with E-state index in [1.807, 2.05) is 18.2 Å². The number of piperidine rings is 1. The molecule has 1 aliphatic heterocycles. The van der Waals surface area contributed by atoms with E-state index in [4.69, 9.17) is 0 Å². The predicted molar refractivity (Wildman–Crippen MR) is 62.6 cm³/mol. The van der Waals surface area contributed by atoms with E-state index >= 15 is 0 Å². The number of sulfonamides is 1. The molecule has 1 atom stereocenters. The van der Waals surface area contributed by atoms with Crippen molar-refractivity contribution in [2.45, 2.75) is 18.8 Å². The van der Waals surface area contributed by atoms with Gasteiger partial charge in [-0.2, -0.15) is 0 Å². The average Bonchev–Trinajstić information content (AvgIpc) is 2.29. The topological polar surface area (TPSA) is 50.3 Å². The minimum Gasteiger partial charge on any atom is -0.261 e. The fourth-order valence-electron chi connectivity index (χ4n) is 2.10. The van der Waals surface area contributed by atoms with Gasteiger partial charge in [0, 0.05) is 30.9 Å². The van der Waals surface area contributed by atoms with Gasteiger partial charge in [0.1, 0.15) is 0 Å². The lowest BCUT2D eigenvalue weighted by Gasteiger charge is -2.30. The van der Waals surface area contributed by atoms with Crippen LogP contribution in [0.4, 0.5) is 0 Å². The second-order valence-corrected chi connectivity index (χ2v) is 6.20. The summed E-state index contributed by atoms with van der Waals surface area (Å²) in [5.74, 6) is 0.240. The Kier molecular flexibility index (Phi) is 3.25. The first-order valence-electron chi connectivity index (χ1n) is 5.43. The molecule has 0 bridgehead atoms. The molecule has 88 valence electrons. The van der Waals surface area contributed by atoms with Gasteiger partial charge in [-0.3, -0.25) is 4.98 Å². The Morgan fingerprint density at radius 1 is 1.44 bits per heavy atom. The summed E-state index contributed by atoms with van der Waals surface area (Å²) < 4.78 is 24.5. The van der Waals surface area contributed by atoms with E-state index in [-0.39, 0.29) is 5.92 Å². The first kappa shape index (κ1) is 11.5. The molecule has 1 saturated heterocycles. The number of pyridine rings is 1. The Morgan fingerprint density at radius 2 is 2.25 bits per heavy atom. The Labute approximate surface area is 96.4 Å². The maximum atomic E-state index is 11.5. The zero-order valence-corrected chi connectivity index (χ0v) is 10.2. The molecule has 0 unspecified atom stereocenters. The molecule has 4 nitrogen and oxygen atoms in total. The average molecular weight is 240 g/mol. The van der Waals surface area contributed by atoms with Crippen molar-refractivity contribution in [3.05, 3.63) is 30.1 Å². The summed E-state index contributed by atoms with van der Waals surface area (Å²) in [6.07, 6.45) is 4.96. The molecule has 0 amide bonds. The first-order valence-corrected chi connectivity index (χ1v) is 7.28. The third-order valence-corrected chi connectivity index (χ3v) is 4.23. The van der Waals surface area contributed by atoms with Crippen molar-refractivity contribution in [3.63, 3.8) is 0 Å². The fourth-order valence-corrected chi connectivity index (χ4v) is 3.01. The number of nitrogens with zero attached hydrogens (tertiary/aromatic N) is 2. The molecule has 5 heteroatoms. The van der Waals surface area contributed by atoms with E-state index in [9.17, 15) is 8.42 Å². The summed E-state index contributed by atoms with van der Waals surface area (Å²) in [5.41, 5.74) is 0.996. The molecule has 0 spiro atoms. The van der Waals surface area contributed by atoms with Crippen LogP contribution >= 0.6 is 0 Å². The molecule has 1 aromatic rings. The van der Waals surface area contributed by atoms with Gasteiger partial charge in [0.15, 0.2) is 0 Å². The molecule has 0 aromatic carbocycles. The van der Waals surface area contributed by atoms with Gasteiger partial charge in [-0.05, 0) is 25.0 Å². The number of hydrogen-bond donors (Lipinski definition) is 0. The second-order valence-electron chi connectivity index (χ2n) is 4.21. The van der Waals surface area contributed by atoms with Crippen LogP contribution in [0.1, 0.15) is 24.5 Å². The molecule has 1 fully saturated rings. The van der Waals surface area contributed by atoms with Crippen LogP contribution in [-0.2, 0) is 10.0 Å². The summed E-state index contributed by atoms with van der Waals surface area (Å²) in [5, 5.41) is 0. The third kappa shape index (κ3) is 2.59. The molecular weight excluding hydrogens is 224 g/mol. The molecular formula is C11H16N2O2S. The molecule has 0 N–H and O–H groups in total. The molecule has 0 radical (unpaired) electrons. The molecule has 2 rings (SSSR count). The van der Waals surface area contributed by atoms with E-state index in [1.165, 1.54) is 6.26 Å². The zero-order chi connectivity index (χ0) is 11.6.